The minimum absolute atomic E-state index is 0.0764. The first kappa shape index (κ1) is 20.1. The van der Waals surface area contributed by atoms with Gasteiger partial charge in [-0.05, 0) is 38.1 Å². The van der Waals surface area contributed by atoms with Crippen LogP contribution in [0.25, 0.3) is 0 Å². The summed E-state index contributed by atoms with van der Waals surface area (Å²) in [6.07, 6.45) is 0. The summed E-state index contributed by atoms with van der Waals surface area (Å²) in [7, 11) is -3.75. The first-order valence-electron chi connectivity index (χ1n) is 7.91. The van der Waals surface area contributed by atoms with Crippen molar-refractivity contribution < 1.29 is 13.2 Å². The second-order valence-electron chi connectivity index (χ2n) is 5.50. The lowest BCUT2D eigenvalue weighted by atomic mass is 10.3. The van der Waals surface area contributed by atoms with Crippen molar-refractivity contribution in [3.05, 3.63) is 29.3 Å². The van der Waals surface area contributed by atoms with E-state index in [2.05, 4.69) is 25.2 Å². The van der Waals surface area contributed by atoms with Crippen LogP contribution in [-0.4, -0.2) is 46.4 Å². The van der Waals surface area contributed by atoms with Crippen molar-refractivity contribution in [1.29, 1.82) is 0 Å². The second-order valence-corrected chi connectivity index (χ2v) is 11.0. The van der Waals surface area contributed by atoms with Crippen LogP contribution in [0.4, 0.5) is 10.8 Å². The quantitative estimate of drug-likeness (QED) is 0.706. The predicted octanol–water partition coefficient (Wildman–Crippen LogP) is 2.81. The minimum atomic E-state index is -3.75. The lowest BCUT2D eigenvalue weighted by molar-refractivity contribution is -0.115. The summed E-state index contributed by atoms with van der Waals surface area (Å²) in [5, 5.41) is 10.9. The van der Waals surface area contributed by atoms with Crippen molar-refractivity contribution in [2.24, 2.45) is 4.99 Å². The Labute approximate surface area is 169 Å². The molecule has 0 fully saturated rings. The van der Waals surface area contributed by atoms with Crippen molar-refractivity contribution in [1.82, 2.24) is 10.2 Å². The van der Waals surface area contributed by atoms with Crippen molar-refractivity contribution in [2.75, 3.05) is 22.3 Å². The number of anilines is 2. The molecule has 2 aromatic rings. The van der Waals surface area contributed by atoms with E-state index in [1.807, 2.05) is 6.92 Å². The maximum Gasteiger partial charge on any atom is 0.263 e. The molecule has 144 valence electrons. The number of hydrogen-bond donors (Lipinski definition) is 2. The third-order valence-electron chi connectivity index (χ3n) is 3.38. The SMILES string of the molecule is Cc1nnc(NS(=O)(=O)c2ccc(NC(=O)C(C)SC3=NCCS3)cc2)s1. The Hall–Kier alpha value is -1.63. The summed E-state index contributed by atoms with van der Waals surface area (Å²) < 4.78 is 28.0. The molecule has 1 aliphatic rings. The number of benzene rings is 1. The predicted molar refractivity (Wildman–Crippen MR) is 112 cm³/mol. The van der Waals surface area contributed by atoms with E-state index in [1.165, 1.54) is 23.9 Å². The summed E-state index contributed by atoms with van der Waals surface area (Å²) >= 11 is 4.23. The summed E-state index contributed by atoms with van der Waals surface area (Å²) in [6, 6.07) is 5.97. The molecule has 0 saturated carbocycles. The molecule has 1 unspecified atom stereocenters. The summed E-state index contributed by atoms with van der Waals surface area (Å²) in [6.45, 7) is 4.35. The molecule has 0 bridgehead atoms. The smallest absolute Gasteiger partial charge is 0.263 e. The van der Waals surface area contributed by atoms with Crippen LogP contribution in [-0.2, 0) is 14.8 Å². The Kier molecular flexibility index (Phi) is 6.40. The molecule has 2 heterocycles. The van der Waals surface area contributed by atoms with Gasteiger partial charge >= 0.3 is 0 Å². The molecular formula is C15H17N5O3S4. The zero-order chi connectivity index (χ0) is 19.4. The van der Waals surface area contributed by atoms with Crippen LogP contribution in [0.15, 0.2) is 34.2 Å². The fourth-order valence-electron chi connectivity index (χ4n) is 2.06. The number of rotatable bonds is 6. The molecule has 0 aliphatic carbocycles. The zero-order valence-electron chi connectivity index (χ0n) is 14.5. The average Bonchev–Trinajstić information content (AvgIpc) is 3.26. The lowest BCUT2D eigenvalue weighted by Gasteiger charge is -2.12. The van der Waals surface area contributed by atoms with Crippen molar-refractivity contribution in [3.8, 4) is 0 Å². The topological polar surface area (TPSA) is 113 Å². The van der Waals surface area contributed by atoms with Crippen molar-refractivity contribution in [2.45, 2.75) is 24.0 Å². The number of nitrogens with one attached hydrogen (secondary N) is 2. The Morgan fingerprint density at radius 1 is 1.26 bits per heavy atom. The van der Waals surface area contributed by atoms with E-state index in [1.54, 1.807) is 30.8 Å². The molecule has 1 atom stereocenters. The third kappa shape index (κ3) is 5.43. The Bertz CT molecular complexity index is 956. The zero-order valence-corrected chi connectivity index (χ0v) is 17.8. The van der Waals surface area contributed by atoms with E-state index < -0.39 is 10.0 Å². The number of carbonyl (C=O) groups excluding carboxylic acids is 1. The first-order valence-corrected chi connectivity index (χ1v) is 12.1. The summed E-state index contributed by atoms with van der Waals surface area (Å²) in [4.78, 5) is 16.7. The van der Waals surface area contributed by atoms with Crippen LogP contribution in [0.2, 0.25) is 0 Å². The molecular weight excluding hydrogens is 426 g/mol. The van der Waals surface area contributed by atoms with Gasteiger partial charge in [-0.2, -0.15) is 0 Å². The third-order valence-corrected chi connectivity index (χ3v) is 7.93. The molecule has 1 aromatic carbocycles. The van der Waals surface area contributed by atoms with Gasteiger partial charge in [0, 0.05) is 11.4 Å². The van der Waals surface area contributed by atoms with Gasteiger partial charge in [-0.3, -0.25) is 14.5 Å². The molecule has 0 radical (unpaired) electrons. The molecule has 1 aliphatic heterocycles. The monoisotopic (exact) mass is 443 g/mol. The minimum Gasteiger partial charge on any atom is -0.325 e. The molecule has 0 spiro atoms. The number of hydrogen-bond acceptors (Lipinski definition) is 9. The second kappa shape index (κ2) is 8.59. The van der Waals surface area contributed by atoms with Gasteiger partial charge in [-0.1, -0.05) is 34.9 Å². The summed E-state index contributed by atoms with van der Waals surface area (Å²) in [5.41, 5.74) is 0.527. The van der Waals surface area contributed by atoms with Crippen molar-refractivity contribution >= 4 is 66.0 Å². The Morgan fingerprint density at radius 2 is 2.00 bits per heavy atom. The highest BCUT2D eigenvalue weighted by Crippen LogP contribution is 2.26. The number of amides is 1. The van der Waals surface area contributed by atoms with Crippen LogP contribution in [0.1, 0.15) is 11.9 Å². The van der Waals surface area contributed by atoms with Crippen LogP contribution >= 0.6 is 34.9 Å². The highest BCUT2D eigenvalue weighted by molar-refractivity contribution is 8.39. The van der Waals surface area contributed by atoms with Crippen molar-refractivity contribution in [3.63, 3.8) is 0 Å². The molecule has 0 saturated heterocycles. The van der Waals surface area contributed by atoms with E-state index in [4.69, 9.17) is 0 Å². The van der Waals surface area contributed by atoms with Gasteiger partial charge in [0.25, 0.3) is 10.0 Å². The number of aromatic nitrogens is 2. The van der Waals surface area contributed by atoms with Gasteiger partial charge < -0.3 is 5.32 Å². The fraction of sp³-hybridized carbons (Fsp3) is 0.333. The first-order chi connectivity index (χ1) is 12.8. The van der Waals surface area contributed by atoms with Crippen LogP contribution in [0, 0.1) is 6.92 Å². The Morgan fingerprint density at radius 3 is 2.59 bits per heavy atom. The van der Waals surface area contributed by atoms with Crippen LogP contribution < -0.4 is 10.0 Å². The van der Waals surface area contributed by atoms with E-state index in [0.29, 0.717) is 10.7 Å². The number of thioether (sulfide) groups is 2. The van der Waals surface area contributed by atoms with E-state index in [9.17, 15) is 13.2 Å². The van der Waals surface area contributed by atoms with Gasteiger partial charge in [-0.25, -0.2) is 8.42 Å². The van der Waals surface area contributed by atoms with Gasteiger partial charge in [0.05, 0.1) is 16.7 Å². The van der Waals surface area contributed by atoms with E-state index >= 15 is 0 Å². The highest BCUT2D eigenvalue weighted by atomic mass is 32.2. The lowest BCUT2D eigenvalue weighted by Crippen LogP contribution is -2.23. The molecule has 27 heavy (non-hydrogen) atoms. The van der Waals surface area contributed by atoms with Gasteiger partial charge in [0.2, 0.25) is 11.0 Å². The largest absolute Gasteiger partial charge is 0.325 e. The van der Waals surface area contributed by atoms with Crippen LogP contribution in [0.5, 0.6) is 0 Å². The number of carbonyl (C=O) groups is 1. The number of aliphatic imine (C=N–C) groups is 1. The van der Waals surface area contributed by atoms with E-state index in [0.717, 1.165) is 28.0 Å². The molecule has 12 heteroatoms. The average molecular weight is 444 g/mol. The van der Waals surface area contributed by atoms with Crippen LogP contribution in [0.3, 0.4) is 0 Å². The number of nitrogens with zero attached hydrogens (tertiary/aromatic N) is 3. The standard InChI is InChI=1S/C15H17N5O3S4/c1-9(25-15-16-7-8-24-15)13(21)17-11-3-5-12(6-4-11)27(22,23)20-14-19-18-10(2)26-14/h3-6,9H,7-8H2,1-2H3,(H,17,21)(H,19,20). The normalized spacial score (nSPS) is 15.3. The molecule has 2 N–H and O–H groups in total. The summed E-state index contributed by atoms with van der Waals surface area (Å²) in [5.74, 6) is 0.797. The van der Waals surface area contributed by atoms with Gasteiger partial charge in [0.1, 0.15) is 9.38 Å². The molecule has 1 amide bonds. The van der Waals surface area contributed by atoms with Gasteiger partial charge in [-0.15, -0.1) is 10.2 Å². The fourth-order valence-corrected chi connectivity index (χ4v) is 6.02. The molecule has 1 aromatic heterocycles. The molecule has 8 nitrogen and oxygen atoms in total. The maximum atomic E-state index is 12.4. The highest BCUT2D eigenvalue weighted by Gasteiger charge is 2.20. The maximum absolute atomic E-state index is 12.4. The number of sulfonamides is 1. The Balaban J connectivity index is 1.61. The number of aryl methyl sites for hydroxylation is 1. The molecule has 3 rings (SSSR count). The van der Waals surface area contributed by atoms with Gasteiger partial charge in [0.15, 0.2) is 0 Å². The van der Waals surface area contributed by atoms with E-state index in [-0.39, 0.29) is 21.2 Å².